The quantitative estimate of drug-likeness (QED) is 0.246. The Balaban J connectivity index is 1.68. The van der Waals surface area contributed by atoms with Crippen LogP contribution in [0.5, 0.6) is 5.88 Å². The van der Waals surface area contributed by atoms with Crippen LogP contribution in [-0.2, 0) is 12.6 Å². The van der Waals surface area contributed by atoms with Crippen LogP contribution >= 0.6 is 0 Å². The van der Waals surface area contributed by atoms with Crippen molar-refractivity contribution in [3.8, 4) is 5.88 Å². The number of aryl methyl sites for hydroxylation is 1. The van der Waals surface area contributed by atoms with Gasteiger partial charge >= 0.3 is 6.18 Å². The van der Waals surface area contributed by atoms with Crippen molar-refractivity contribution < 1.29 is 18.3 Å². The van der Waals surface area contributed by atoms with E-state index in [0.29, 0.717) is 34.5 Å². The lowest BCUT2D eigenvalue weighted by Gasteiger charge is -2.22. The Bertz CT molecular complexity index is 1490. The van der Waals surface area contributed by atoms with Crippen molar-refractivity contribution in [1.82, 2.24) is 19.9 Å². The SMILES string of the molecule is Cc1nc(N[C@H](C)c2cc(N)cc(C(F)(F)F)c2)c2cc(N(C)c3cnc(O)c(CCN(C)C)c3)ccc2n1. The Hall–Kier alpha value is -4.12. The van der Waals surface area contributed by atoms with E-state index in [2.05, 4.69) is 20.3 Å². The van der Waals surface area contributed by atoms with Crippen LogP contribution in [0, 0.1) is 6.92 Å². The molecular weight excluding hydrogens is 507 g/mol. The first-order valence-corrected chi connectivity index (χ1v) is 12.4. The molecule has 0 saturated heterocycles. The van der Waals surface area contributed by atoms with E-state index < -0.39 is 17.8 Å². The van der Waals surface area contributed by atoms with Gasteiger partial charge in [-0.2, -0.15) is 13.2 Å². The molecule has 0 amide bonds. The minimum atomic E-state index is -4.50. The highest BCUT2D eigenvalue weighted by atomic mass is 19.4. The molecule has 0 fully saturated rings. The number of alkyl halides is 3. The van der Waals surface area contributed by atoms with Crippen LogP contribution in [0.2, 0.25) is 0 Å². The predicted octanol–water partition coefficient (Wildman–Crippen LogP) is 5.68. The highest BCUT2D eigenvalue weighted by Crippen LogP contribution is 2.35. The topological polar surface area (TPSA) is 103 Å². The van der Waals surface area contributed by atoms with Crippen LogP contribution < -0.4 is 16.0 Å². The summed E-state index contributed by atoms with van der Waals surface area (Å²) in [5.41, 5.74) is 8.44. The zero-order valence-corrected chi connectivity index (χ0v) is 22.5. The Morgan fingerprint density at radius 3 is 2.46 bits per heavy atom. The fourth-order valence-electron chi connectivity index (χ4n) is 4.28. The number of halogens is 3. The summed E-state index contributed by atoms with van der Waals surface area (Å²) in [4.78, 5) is 17.2. The Morgan fingerprint density at radius 1 is 1.03 bits per heavy atom. The largest absolute Gasteiger partial charge is 0.493 e. The van der Waals surface area contributed by atoms with Crippen LogP contribution in [0.25, 0.3) is 10.9 Å². The number of hydrogen-bond donors (Lipinski definition) is 3. The molecule has 11 heteroatoms. The van der Waals surface area contributed by atoms with Gasteiger partial charge in [0.2, 0.25) is 5.88 Å². The maximum Gasteiger partial charge on any atom is 0.416 e. The van der Waals surface area contributed by atoms with Crippen molar-refractivity contribution in [2.24, 2.45) is 0 Å². The van der Waals surface area contributed by atoms with Crippen molar-refractivity contribution in [1.29, 1.82) is 0 Å². The summed E-state index contributed by atoms with van der Waals surface area (Å²) in [6.07, 6.45) is -2.26. The highest BCUT2D eigenvalue weighted by Gasteiger charge is 2.31. The second-order valence-electron chi connectivity index (χ2n) is 9.86. The Labute approximate surface area is 225 Å². The van der Waals surface area contributed by atoms with Gasteiger partial charge in [-0.1, -0.05) is 0 Å². The summed E-state index contributed by atoms with van der Waals surface area (Å²) in [6, 6.07) is 10.6. The van der Waals surface area contributed by atoms with Gasteiger partial charge in [-0.05, 0) is 82.4 Å². The number of pyridine rings is 1. The van der Waals surface area contributed by atoms with E-state index in [4.69, 9.17) is 5.73 Å². The fourth-order valence-corrected chi connectivity index (χ4v) is 4.28. The molecule has 0 aliphatic rings. The molecule has 0 aliphatic carbocycles. The van der Waals surface area contributed by atoms with Crippen molar-refractivity contribution in [3.63, 3.8) is 0 Å². The second-order valence-corrected chi connectivity index (χ2v) is 9.86. The summed E-state index contributed by atoms with van der Waals surface area (Å²) in [7, 11) is 5.82. The Morgan fingerprint density at radius 2 is 1.77 bits per heavy atom. The molecular formula is C28H32F3N7O. The number of anilines is 4. The number of nitrogen functional groups attached to an aromatic ring is 1. The van der Waals surface area contributed by atoms with Gasteiger partial charge in [-0.15, -0.1) is 0 Å². The summed E-state index contributed by atoms with van der Waals surface area (Å²) < 4.78 is 40.1. The average Bonchev–Trinajstić information content (AvgIpc) is 2.86. The lowest BCUT2D eigenvalue weighted by Crippen LogP contribution is -2.16. The van der Waals surface area contributed by atoms with Crippen LogP contribution in [-0.4, -0.2) is 52.6 Å². The molecule has 0 unspecified atom stereocenters. The lowest BCUT2D eigenvalue weighted by molar-refractivity contribution is -0.137. The van der Waals surface area contributed by atoms with Gasteiger partial charge in [0.25, 0.3) is 0 Å². The smallest absolute Gasteiger partial charge is 0.416 e. The molecule has 4 N–H and O–H groups in total. The second kappa shape index (κ2) is 10.9. The van der Waals surface area contributed by atoms with Gasteiger partial charge in [0.1, 0.15) is 11.6 Å². The monoisotopic (exact) mass is 539 g/mol. The molecule has 0 spiro atoms. The summed E-state index contributed by atoms with van der Waals surface area (Å²) in [5.74, 6) is 1.02. The summed E-state index contributed by atoms with van der Waals surface area (Å²) in [5, 5.41) is 14.2. The number of nitrogens with two attached hydrogens (primary N) is 1. The summed E-state index contributed by atoms with van der Waals surface area (Å²) in [6.45, 7) is 4.28. The number of rotatable bonds is 8. The van der Waals surface area contributed by atoms with Gasteiger partial charge in [0.15, 0.2) is 0 Å². The minimum absolute atomic E-state index is 0.00656. The van der Waals surface area contributed by atoms with Gasteiger partial charge in [-0.25, -0.2) is 15.0 Å². The molecule has 1 atom stereocenters. The molecule has 4 aromatic rings. The molecule has 0 saturated carbocycles. The number of aromatic hydroxyl groups is 1. The van der Waals surface area contributed by atoms with E-state index in [-0.39, 0.29) is 11.6 Å². The predicted molar refractivity (Wildman–Crippen MR) is 148 cm³/mol. The van der Waals surface area contributed by atoms with E-state index in [1.54, 1.807) is 20.0 Å². The fraction of sp³-hybridized carbons (Fsp3) is 0.321. The molecule has 0 aliphatic heterocycles. The average molecular weight is 540 g/mol. The van der Waals surface area contributed by atoms with E-state index >= 15 is 0 Å². The molecule has 0 radical (unpaired) electrons. The van der Waals surface area contributed by atoms with Crippen molar-refractivity contribution in [3.05, 3.63) is 71.2 Å². The van der Waals surface area contributed by atoms with Crippen molar-refractivity contribution >= 4 is 33.8 Å². The number of benzene rings is 2. The van der Waals surface area contributed by atoms with Crippen molar-refractivity contribution in [2.45, 2.75) is 32.5 Å². The number of aromatic nitrogens is 3. The molecule has 8 nitrogen and oxygen atoms in total. The first-order valence-electron chi connectivity index (χ1n) is 12.4. The number of likely N-dealkylation sites (N-methyl/N-ethyl adjacent to an activating group) is 1. The number of nitrogens with one attached hydrogen (secondary N) is 1. The standard InChI is InChI=1S/C28H32F3N7O/c1-16(19-10-20(28(29,30)31)13-21(32)11-19)34-26-24-14-22(6-7-25(24)35-17(2)36-26)38(5)23-12-18(8-9-37(3)4)27(39)33-15-23/h6-7,10-16H,8-9,32H2,1-5H3,(H,33,39)(H,34,35,36)/t16-/m1/s1. The van der Waals surface area contributed by atoms with Gasteiger partial charge in [0, 0.05) is 35.9 Å². The number of nitrogens with zero attached hydrogens (tertiary/aromatic N) is 5. The van der Waals surface area contributed by atoms with Crippen LogP contribution in [0.4, 0.5) is 36.1 Å². The van der Waals surface area contributed by atoms with E-state index in [9.17, 15) is 18.3 Å². The zero-order chi connectivity index (χ0) is 28.5. The first kappa shape index (κ1) is 27.9. The number of fused-ring (bicyclic) bond motifs is 1. The van der Waals surface area contributed by atoms with Gasteiger partial charge in [-0.3, -0.25) is 0 Å². The zero-order valence-electron chi connectivity index (χ0n) is 22.5. The van der Waals surface area contributed by atoms with E-state index in [1.807, 2.05) is 55.2 Å². The minimum Gasteiger partial charge on any atom is -0.493 e. The van der Waals surface area contributed by atoms with E-state index in [0.717, 1.165) is 35.6 Å². The molecule has 4 rings (SSSR count). The Kier molecular flexibility index (Phi) is 7.82. The first-order chi connectivity index (χ1) is 18.3. The third kappa shape index (κ3) is 6.48. The third-order valence-electron chi connectivity index (χ3n) is 6.48. The number of hydrogen-bond acceptors (Lipinski definition) is 8. The van der Waals surface area contributed by atoms with Gasteiger partial charge < -0.3 is 26.0 Å². The maximum atomic E-state index is 13.4. The molecule has 0 bridgehead atoms. The highest BCUT2D eigenvalue weighted by molar-refractivity contribution is 5.92. The van der Waals surface area contributed by atoms with Gasteiger partial charge in [0.05, 0.1) is 29.0 Å². The summed E-state index contributed by atoms with van der Waals surface area (Å²) >= 11 is 0. The van der Waals surface area contributed by atoms with E-state index in [1.165, 1.54) is 6.07 Å². The maximum absolute atomic E-state index is 13.4. The molecule has 2 heterocycles. The van der Waals surface area contributed by atoms with Crippen LogP contribution in [0.15, 0.2) is 48.7 Å². The lowest BCUT2D eigenvalue weighted by atomic mass is 10.0. The molecule has 2 aromatic heterocycles. The van der Waals surface area contributed by atoms with Crippen molar-refractivity contribution in [2.75, 3.05) is 43.6 Å². The molecule has 39 heavy (non-hydrogen) atoms. The van der Waals surface area contributed by atoms with Crippen LogP contribution in [0.3, 0.4) is 0 Å². The normalized spacial score (nSPS) is 12.6. The third-order valence-corrected chi connectivity index (χ3v) is 6.48. The van der Waals surface area contributed by atoms with Crippen LogP contribution in [0.1, 0.15) is 35.5 Å². The molecule has 206 valence electrons. The molecule has 2 aromatic carbocycles.